The maximum atomic E-state index is 6.45. The number of hydrogen-bond donors (Lipinski definition) is 1. The second kappa shape index (κ2) is 4.81. The summed E-state index contributed by atoms with van der Waals surface area (Å²) in [7, 11) is 0. The first-order valence-electron chi connectivity index (χ1n) is 6.87. The van der Waals surface area contributed by atoms with Crippen molar-refractivity contribution in [1.82, 2.24) is 0 Å². The van der Waals surface area contributed by atoms with Gasteiger partial charge in [-0.3, -0.25) is 0 Å². The first kappa shape index (κ1) is 12.6. The Bertz CT molecular complexity index is 379. The highest BCUT2D eigenvalue weighted by Gasteiger charge is 2.30. The summed E-state index contributed by atoms with van der Waals surface area (Å²) in [6.45, 7) is 6.67. The molecule has 0 amide bonds. The van der Waals surface area contributed by atoms with Crippen LogP contribution in [0.15, 0.2) is 24.3 Å². The highest BCUT2D eigenvalue weighted by atomic mass is 14.7. The van der Waals surface area contributed by atoms with Gasteiger partial charge >= 0.3 is 0 Å². The van der Waals surface area contributed by atoms with E-state index in [1.54, 1.807) is 11.1 Å². The van der Waals surface area contributed by atoms with E-state index in [0.29, 0.717) is 11.8 Å². The smallest absolute Gasteiger partial charge is 0.0154 e. The van der Waals surface area contributed by atoms with Crippen molar-refractivity contribution in [2.45, 2.75) is 57.9 Å². The second-order valence-electron chi connectivity index (χ2n) is 6.15. The number of fused-ring (bicyclic) bond motifs is 1. The molecule has 1 aromatic carbocycles. The molecule has 2 N–H and O–H groups in total. The second-order valence-corrected chi connectivity index (χ2v) is 6.15. The van der Waals surface area contributed by atoms with Crippen molar-refractivity contribution in [3.63, 3.8) is 0 Å². The van der Waals surface area contributed by atoms with Crippen LogP contribution < -0.4 is 5.73 Å². The van der Waals surface area contributed by atoms with Crippen LogP contribution in [0.2, 0.25) is 0 Å². The van der Waals surface area contributed by atoms with Gasteiger partial charge in [0.2, 0.25) is 0 Å². The summed E-state index contributed by atoms with van der Waals surface area (Å²) in [5.41, 5.74) is 9.50. The number of aryl methyl sites for hydroxylation is 1. The van der Waals surface area contributed by atoms with Gasteiger partial charge in [-0.15, -0.1) is 0 Å². The molecule has 17 heavy (non-hydrogen) atoms. The van der Waals surface area contributed by atoms with Crippen molar-refractivity contribution in [2.24, 2.45) is 11.7 Å². The minimum atomic E-state index is -0.0465. The van der Waals surface area contributed by atoms with E-state index in [1.807, 2.05) is 0 Å². The summed E-state index contributed by atoms with van der Waals surface area (Å²) in [5.74, 6) is 1.20. The Hall–Kier alpha value is -0.820. The van der Waals surface area contributed by atoms with E-state index in [1.165, 1.54) is 19.3 Å². The molecule has 1 aromatic rings. The van der Waals surface area contributed by atoms with Crippen LogP contribution in [0.1, 0.15) is 57.1 Å². The van der Waals surface area contributed by atoms with E-state index < -0.39 is 0 Å². The first-order chi connectivity index (χ1) is 8.00. The maximum absolute atomic E-state index is 6.45. The van der Waals surface area contributed by atoms with Crippen LogP contribution in [0, 0.1) is 5.92 Å². The highest BCUT2D eigenvalue weighted by molar-refractivity contribution is 5.32. The van der Waals surface area contributed by atoms with Crippen LogP contribution in [0.4, 0.5) is 0 Å². The minimum Gasteiger partial charge on any atom is -0.325 e. The van der Waals surface area contributed by atoms with Crippen molar-refractivity contribution >= 4 is 0 Å². The Kier molecular flexibility index (Phi) is 3.58. The third-order valence-corrected chi connectivity index (χ3v) is 4.50. The van der Waals surface area contributed by atoms with Crippen LogP contribution in [0.5, 0.6) is 0 Å². The third-order valence-electron chi connectivity index (χ3n) is 4.50. The molecule has 1 heteroatoms. The van der Waals surface area contributed by atoms with Gasteiger partial charge in [0.05, 0.1) is 0 Å². The maximum Gasteiger partial charge on any atom is 0.0154 e. The molecule has 0 saturated heterocycles. The molecular formula is C16H25N. The Morgan fingerprint density at radius 3 is 2.76 bits per heavy atom. The van der Waals surface area contributed by atoms with E-state index in [9.17, 15) is 0 Å². The van der Waals surface area contributed by atoms with Gasteiger partial charge in [-0.05, 0) is 55.6 Å². The summed E-state index contributed by atoms with van der Waals surface area (Å²) in [6.07, 6.45) is 4.98. The number of benzene rings is 1. The number of hydrogen-bond acceptors (Lipinski definition) is 1. The normalized spacial score (nSPS) is 23.2. The predicted molar refractivity (Wildman–Crippen MR) is 74.2 cm³/mol. The summed E-state index contributed by atoms with van der Waals surface area (Å²) in [6, 6.07) is 8.91. The lowest BCUT2D eigenvalue weighted by Gasteiger charge is -2.36. The molecule has 0 spiro atoms. The Morgan fingerprint density at radius 2 is 2.06 bits per heavy atom. The Balaban J connectivity index is 2.19. The highest BCUT2D eigenvalue weighted by Crippen LogP contribution is 2.37. The molecule has 0 fully saturated rings. The summed E-state index contributed by atoms with van der Waals surface area (Å²) in [5, 5.41) is 0. The molecule has 94 valence electrons. The van der Waals surface area contributed by atoms with Gasteiger partial charge in [-0.2, -0.15) is 0 Å². The molecule has 2 unspecified atom stereocenters. The van der Waals surface area contributed by atoms with E-state index in [4.69, 9.17) is 5.73 Å². The Morgan fingerprint density at radius 1 is 1.35 bits per heavy atom. The third kappa shape index (κ3) is 2.71. The van der Waals surface area contributed by atoms with Gasteiger partial charge in [0.15, 0.2) is 0 Å². The fraction of sp³-hybridized carbons (Fsp3) is 0.625. The largest absolute Gasteiger partial charge is 0.325 e. The first-order valence-corrected chi connectivity index (χ1v) is 6.87. The molecule has 1 nitrogen and oxygen atoms in total. The zero-order valence-corrected chi connectivity index (χ0v) is 11.4. The monoisotopic (exact) mass is 231 g/mol. The standard InChI is InChI=1S/C16H25N/c1-12(2)16(3,17)11-14-9-6-8-13-7-4-5-10-15(13)14/h4-5,7,10,12,14H,6,8-9,11,17H2,1-3H3. The summed E-state index contributed by atoms with van der Waals surface area (Å²) >= 11 is 0. The van der Waals surface area contributed by atoms with Crippen molar-refractivity contribution in [3.8, 4) is 0 Å². The van der Waals surface area contributed by atoms with E-state index in [0.717, 1.165) is 6.42 Å². The van der Waals surface area contributed by atoms with Crippen LogP contribution in [0.3, 0.4) is 0 Å². The van der Waals surface area contributed by atoms with Crippen LogP contribution in [-0.4, -0.2) is 5.54 Å². The lowest BCUT2D eigenvalue weighted by Crippen LogP contribution is -2.43. The fourth-order valence-corrected chi connectivity index (χ4v) is 2.83. The number of rotatable bonds is 3. The Labute approximate surface area is 105 Å². The topological polar surface area (TPSA) is 26.0 Å². The van der Waals surface area contributed by atoms with Crippen molar-refractivity contribution in [2.75, 3.05) is 0 Å². The van der Waals surface area contributed by atoms with Gasteiger partial charge in [0.1, 0.15) is 0 Å². The van der Waals surface area contributed by atoms with E-state index >= 15 is 0 Å². The zero-order valence-electron chi connectivity index (χ0n) is 11.4. The zero-order chi connectivity index (χ0) is 12.5. The predicted octanol–water partition coefficient (Wildman–Crippen LogP) is 3.87. The molecular weight excluding hydrogens is 206 g/mol. The lowest BCUT2D eigenvalue weighted by atomic mass is 9.73. The lowest BCUT2D eigenvalue weighted by molar-refractivity contribution is 0.283. The molecule has 0 radical (unpaired) electrons. The molecule has 0 bridgehead atoms. The van der Waals surface area contributed by atoms with Crippen LogP contribution in [0.25, 0.3) is 0 Å². The van der Waals surface area contributed by atoms with Crippen molar-refractivity contribution in [1.29, 1.82) is 0 Å². The van der Waals surface area contributed by atoms with Crippen LogP contribution >= 0.6 is 0 Å². The van der Waals surface area contributed by atoms with Crippen LogP contribution in [-0.2, 0) is 6.42 Å². The molecule has 1 aliphatic carbocycles. The van der Waals surface area contributed by atoms with Gasteiger partial charge in [0, 0.05) is 5.54 Å². The molecule has 0 aromatic heterocycles. The summed E-state index contributed by atoms with van der Waals surface area (Å²) in [4.78, 5) is 0. The van der Waals surface area contributed by atoms with Gasteiger partial charge < -0.3 is 5.73 Å². The molecule has 2 atom stereocenters. The quantitative estimate of drug-likeness (QED) is 0.839. The van der Waals surface area contributed by atoms with E-state index in [2.05, 4.69) is 45.0 Å². The van der Waals surface area contributed by atoms with Gasteiger partial charge in [0.25, 0.3) is 0 Å². The summed E-state index contributed by atoms with van der Waals surface area (Å²) < 4.78 is 0. The minimum absolute atomic E-state index is 0.0465. The average Bonchev–Trinajstić information content (AvgIpc) is 2.29. The molecule has 1 aliphatic rings. The SMILES string of the molecule is CC(C)C(C)(N)CC1CCCc2ccccc21. The molecule has 0 heterocycles. The van der Waals surface area contributed by atoms with Gasteiger partial charge in [-0.25, -0.2) is 0 Å². The molecule has 0 aliphatic heterocycles. The average molecular weight is 231 g/mol. The fourth-order valence-electron chi connectivity index (χ4n) is 2.83. The van der Waals surface area contributed by atoms with Crippen molar-refractivity contribution in [3.05, 3.63) is 35.4 Å². The molecule has 2 rings (SSSR count). The van der Waals surface area contributed by atoms with Gasteiger partial charge in [-0.1, -0.05) is 38.1 Å². The molecule has 0 saturated carbocycles. The number of nitrogens with two attached hydrogens (primary N) is 1. The van der Waals surface area contributed by atoms with E-state index in [-0.39, 0.29) is 5.54 Å². The van der Waals surface area contributed by atoms with Crippen molar-refractivity contribution < 1.29 is 0 Å².